The van der Waals surface area contributed by atoms with Crippen LogP contribution in [0.3, 0.4) is 0 Å². The van der Waals surface area contributed by atoms with Crippen LogP contribution in [0.5, 0.6) is 11.8 Å². The first-order valence-corrected chi connectivity index (χ1v) is 13.3. The predicted octanol–water partition coefficient (Wildman–Crippen LogP) is 3.73. The van der Waals surface area contributed by atoms with E-state index in [4.69, 9.17) is 20.4 Å². The number of rotatable bonds is 3. The van der Waals surface area contributed by atoms with Crippen LogP contribution in [0.4, 0.5) is 10.2 Å². The number of halogens is 1. The van der Waals surface area contributed by atoms with Crippen LogP contribution >= 0.6 is 0 Å². The van der Waals surface area contributed by atoms with Gasteiger partial charge in [0.25, 0.3) is 5.56 Å². The maximum absolute atomic E-state index is 14.5. The summed E-state index contributed by atoms with van der Waals surface area (Å²) in [5.41, 5.74) is 11.5. The number of nitrogens with zero attached hydrogens (tertiary/aromatic N) is 5. The summed E-state index contributed by atoms with van der Waals surface area (Å²) in [6.07, 6.45) is 3.37. The number of aromatic nitrogens is 4. The zero-order valence-electron chi connectivity index (χ0n) is 21.1. The molecule has 9 heteroatoms. The molecule has 2 unspecified atom stereocenters. The maximum atomic E-state index is 14.5. The van der Waals surface area contributed by atoms with Gasteiger partial charge in [0.1, 0.15) is 23.2 Å². The molecule has 2 aromatic heterocycles. The van der Waals surface area contributed by atoms with Crippen molar-refractivity contribution < 1.29 is 9.13 Å². The molecule has 8 rings (SSSR count). The lowest BCUT2D eigenvalue weighted by Crippen LogP contribution is -2.46. The molecule has 0 bridgehead atoms. The van der Waals surface area contributed by atoms with E-state index in [1.807, 2.05) is 13.0 Å². The Morgan fingerprint density at radius 3 is 2.87 bits per heavy atom. The van der Waals surface area contributed by atoms with Gasteiger partial charge in [0.2, 0.25) is 0 Å². The van der Waals surface area contributed by atoms with Crippen LogP contribution in [-0.2, 0) is 19.4 Å². The summed E-state index contributed by atoms with van der Waals surface area (Å²) in [5, 5.41) is 0.526. The molecule has 4 heterocycles. The molecule has 1 saturated carbocycles. The van der Waals surface area contributed by atoms with E-state index in [2.05, 4.69) is 9.88 Å². The average molecular weight is 511 g/mol. The lowest BCUT2D eigenvalue weighted by atomic mass is 9.72. The smallest absolute Gasteiger partial charge is 0.324 e. The monoisotopic (exact) mass is 510 g/mol. The second-order valence-corrected chi connectivity index (χ2v) is 11.2. The third kappa shape index (κ3) is 3.17. The molecular weight excluding hydrogens is 483 g/mol. The molecule has 192 valence electrons. The fourth-order valence-electron chi connectivity index (χ4n) is 6.91. The van der Waals surface area contributed by atoms with E-state index in [1.165, 1.54) is 0 Å². The fourth-order valence-corrected chi connectivity index (χ4v) is 6.91. The molecule has 2 aliphatic heterocycles. The summed E-state index contributed by atoms with van der Waals surface area (Å²) < 4.78 is 22.5. The summed E-state index contributed by atoms with van der Waals surface area (Å²) in [6, 6.07) is 8.97. The van der Waals surface area contributed by atoms with Gasteiger partial charge in [-0.3, -0.25) is 9.36 Å². The Kier molecular flexibility index (Phi) is 4.57. The van der Waals surface area contributed by atoms with E-state index in [1.54, 1.807) is 28.8 Å². The molecule has 0 spiro atoms. The van der Waals surface area contributed by atoms with Gasteiger partial charge in [-0.05, 0) is 78.6 Å². The molecule has 38 heavy (non-hydrogen) atoms. The normalized spacial score (nSPS) is 22.7. The Labute approximate surface area is 218 Å². The second kappa shape index (κ2) is 7.83. The Balaban J connectivity index is 1.22. The Bertz CT molecular complexity index is 1730. The van der Waals surface area contributed by atoms with Crippen LogP contribution in [-0.4, -0.2) is 38.7 Å². The largest absolute Gasteiger partial charge is 0.424 e. The van der Waals surface area contributed by atoms with E-state index in [0.717, 1.165) is 71.9 Å². The molecule has 3 atom stereocenters. The third-order valence-electron chi connectivity index (χ3n) is 8.91. The molecule has 2 aliphatic carbocycles. The minimum absolute atomic E-state index is 0.0413. The summed E-state index contributed by atoms with van der Waals surface area (Å²) in [6.45, 7) is 4.32. The van der Waals surface area contributed by atoms with Crippen molar-refractivity contribution >= 4 is 16.7 Å². The highest BCUT2D eigenvalue weighted by Crippen LogP contribution is 2.48. The first kappa shape index (κ1) is 22.2. The second-order valence-electron chi connectivity index (χ2n) is 11.2. The molecular formula is C29H27FN6O2. The molecule has 2 fully saturated rings. The zero-order valence-corrected chi connectivity index (χ0v) is 21.1. The van der Waals surface area contributed by atoms with E-state index in [9.17, 15) is 9.18 Å². The van der Waals surface area contributed by atoms with Gasteiger partial charge in [0.05, 0.1) is 16.6 Å². The molecule has 4 aliphatic rings. The van der Waals surface area contributed by atoms with Crippen molar-refractivity contribution in [3.05, 3.63) is 69.1 Å². The SMILES string of the molecule is Cc1cc(F)cc2c1Cc1nc(Oc3ccc4nc5n(c(=O)c4c3)CCC5)nc(N3CC4C[C@@H](N)C4C3)c1-2. The van der Waals surface area contributed by atoms with Crippen molar-refractivity contribution in [3.8, 4) is 22.9 Å². The summed E-state index contributed by atoms with van der Waals surface area (Å²) in [7, 11) is 0. The van der Waals surface area contributed by atoms with Crippen molar-refractivity contribution in [2.45, 2.75) is 45.2 Å². The van der Waals surface area contributed by atoms with Gasteiger partial charge in [-0.15, -0.1) is 0 Å². The van der Waals surface area contributed by atoms with Gasteiger partial charge in [0.15, 0.2) is 0 Å². The van der Waals surface area contributed by atoms with Crippen molar-refractivity contribution in [1.29, 1.82) is 0 Å². The summed E-state index contributed by atoms with van der Waals surface area (Å²) in [5.74, 6) is 2.85. The highest BCUT2D eigenvalue weighted by atomic mass is 19.1. The fraction of sp³-hybridized carbons (Fsp3) is 0.379. The van der Waals surface area contributed by atoms with E-state index in [-0.39, 0.29) is 23.4 Å². The number of anilines is 1. The minimum Gasteiger partial charge on any atom is -0.424 e. The quantitative estimate of drug-likeness (QED) is 0.395. The van der Waals surface area contributed by atoms with Crippen molar-refractivity contribution in [3.63, 3.8) is 0 Å². The van der Waals surface area contributed by atoms with Gasteiger partial charge in [0, 0.05) is 44.1 Å². The molecule has 4 aromatic rings. The summed E-state index contributed by atoms with van der Waals surface area (Å²) in [4.78, 5) is 29.7. The summed E-state index contributed by atoms with van der Waals surface area (Å²) >= 11 is 0. The standard InChI is InChI=1S/C29H27FN6O2/c1-14-7-16(30)9-19-18(14)11-24-26(19)27(35-12-15-8-22(31)21(15)13-35)34-29(33-24)38-17-4-5-23-20(10-17)28(37)36-6-2-3-25(36)32-23/h4-5,7,9-10,15,21-22H,2-3,6,8,11-13,31H2,1H3/t15?,21?,22-/m1/s1. The topological polar surface area (TPSA) is 99.2 Å². The molecule has 8 nitrogen and oxygen atoms in total. The van der Waals surface area contributed by atoms with Crippen LogP contribution in [0.25, 0.3) is 22.0 Å². The zero-order chi connectivity index (χ0) is 25.7. The van der Waals surface area contributed by atoms with Crippen molar-refractivity contribution in [2.75, 3.05) is 18.0 Å². The predicted molar refractivity (Wildman–Crippen MR) is 141 cm³/mol. The lowest BCUT2D eigenvalue weighted by molar-refractivity contribution is 0.194. The van der Waals surface area contributed by atoms with Crippen molar-refractivity contribution in [1.82, 2.24) is 19.5 Å². The number of benzene rings is 2. The van der Waals surface area contributed by atoms with Gasteiger partial charge >= 0.3 is 6.01 Å². The van der Waals surface area contributed by atoms with E-state index < -0.39 is 0 Å². The van der Waals surface area contributed by atoms with Crippen molar-refractivity contribution in [2.24, 2.45) is 17.6 Å². The van der Waals surface area contributed by atoms with Gasteiger partial charge in [-0.2, -0.15) is 9.97 Å². The Morgan fingerprint density at radius 2 is 2.03 bits per heavy atom. The maximum Gasteiger partial charge on any atom is 0.324 e. The van der Waals surface area contributed by atoms with Crippen LogP contribution in [0.2, 0.25) is 0 Å². The highest BCUT2D eigenvalue weighted by molar-refractivity contribution is 5.86. The number of ether oxygens (including phenoxy) is 1. The molecule has 2 N–H and O–H groups in total. The van der Waals surface area contributed by atoms with Crippen LogP contribution in [0, 0.1) is 24.6 Å². The first-order valence-electron chi connectivity index (χ1n) is 13.3. The number of fused-ring (bicyclic) bond motifs is 6. The number of hydrogen-bond acceptors (Lipinski definition) is 7. The van der Waals surface area contributed by atoms with Crippen LogP contribution in [0.1, 0.15) is 35.5 Å². The number of hydrogen-bond donors (Lipinski definition) is 1. The van der Waals surface area contributed by atoms with Gasteiger partial charge in [-0.25, -0.2) is 9.37 Å². The molecule has 0 amide bonds. The van der Waals surface area contributed by atoms with Gasteiger partial charge in [-0.1, -0.05) is 0 Å². The first-order chi connectivity index (χ1) is 18.4. The van der Waals surface area contributed by atoms with E-state index in [0.29, 0.717) is 41.5 Å². The van der Waals surface area contributed by atoms with Crippen LogP contribution < -0.4 is 20.9 Å². The van der Waals surface area contributed by atoms with E-state index >= 15 is 0 Å². The average Bonchev–Trinajstić information content (AvgIpc) is 3.59. The van der Waals surface area contributed by atoms with Gasteiger partial charge < -0.3 is 15.4 Å². The molecule has 2 aromatic carbocycles. The van der Waals surface area contributed by atoms with Crippen LogP contribution in [0.15, 0.2) is 35.1 Å². The third-order valence-corrected chi connectivity index (χ3v) is 8.91. The molecule has 0 radical (unpaired) electrons. The molecule has 1 saturated heterocycles. The lowest BCUT2D eigenvalue weighted by Gasteiger charge is -2.36. The number of aryl methyl sites for hydroxylation is 2. The number of nitrogens with two attached hydrogens (primary N) is 1. The Morgan fingerprint density at radius 1 is 1.13 bits per heavy atom. The Hall–Kier alpha value is -3.85. The highest BCUT2D eigenvalue weighted by Gasteiger charge is 2.46. The minimum atomic E-state index is -0.258.